The molecule has 1 fully saturated rings. The summed E-state index contributed by atoms with van der Waals surface area (Å²) >= 11 is 0. The van der Waals surface area contributed by atoms with E-state index in [4.69, 9.17) is 9.47 Å². The number of fused-ring (bicyclic) bond motifs is 1. The van der Waals surface area contributed by atoms with Crippen LogP contribution < -0.4 is 4.74 Å². The second kappa shape index (κ2) is 7.41. The van der Waals surface area contributed by atoms with Crippen molar-refractivity contribution >= 4 is 16.6 Å². The number of hydrogen-bond acceptors (Lipinski definition) is 8. The number of aromatic hydroxyl groups is 1. The number of phenolic OH excluding ortho intramolecular Hbond substituents is 1. The number of ketones is 1. The summed E-state index contributed by atoms with van der Waals surface area (Å²) in [7, 11) is 0. The Bertz CT molecular complexity index is 862. The third kappa shape index (κ3) is 3.38. The summed E-state index contributed by atoms with van der Waals surface area (Å²) in [5.41, 5.74) is 0.768. The Morgan fingerprint density at radius 3 is 2.52 bits per heavy atom. The van der Waals surface area contributed by atoms with Crippen LogP contribution in [0, 0.1) is 6.92 Å². The van der Waals surface area contributed by atoms with Crippen molar-refractivity contribution in [1.82, 2.24) is 0 Å². The highest BCUT2D eigenvalue weighted by Crippen LogP contribution is 2.39. The van der Waals surface area contributed by atoms with E-state index >= 15 is 0 Å². The second-order valence-electron chi connectivity index (χ2n) is 6.64. The van der Waals surface area contributed by atoms with E-state index in [1.807, 2.05) is 0 Å². The predicted molar refractivity (Wildman–Crippen MR) is 94.7 cm³/mol. The summed E-state index contributed by atoms with van der Waals surface area (Å²) in [6.07, 6.45) is -7.19. The van der Waals surface area contributed by atoms with Crippen LogP contribution in [0.3, 0.4) is 0 Å². The molecule has 8 heteroatoms. The molecule has 1 heterocycles. The summed E-state index contributed by atoms with van der Waals surface area (Å²) in [5.74, 6) is -0.441. The molecule has 5 N–H and O–H groups in total. The zero-order valence-electron chi connectivity index (χ0n) is 14.9. The summed E-state index contributed by atoms with van der Waals surface area (Å²) < 4.78 is 11.0. The minimum atomic E-state index is -1.59. The molecule has 0 amide bonds. The molecule has 0 saturated carbocycles. The quantitative estimate of drug-likeness (QED) is 0.477. The normalized spacial score (nSPS) is 28.3. The summed E-state index contributed by atoms with van der Waals surface area (Å²) in [5, 5.41) is 50.7. The summed E-state index contributed by atoms with van der Waals surface area (Å²) in [4.78, 5) is 11.9. The van der Waals surface area contributed by atoms with Crippen molar-refractivity contribution < 1.29 is 39.8 Å². The van der Waals surface area contributed by atoms with Crippen LogP contribution in [0.4, 0.5) is 0 Å². The predicted octanol–water partition coefficient (Wildman–Crippen LogP) is 0.235. The fourth-order valence-electron chi connectivity index (χ4n) is 3.37. The van der Waals surface area contributed by atoms with E-state index in [-0.39, 0.29) is 28.2 Å². The molecule has 0 aromatic heterocycles. The number of Topliss-reactive ketones (excluding diaryl/α,β-unsaturated/α-hetero) is 1. The van der Waals surface area contributed by atoms with E-state index in [9.17, 15) is 30.3 Å². The number of hydrogen-bond donors (Lipinski definition) is 5. The molecule has 146 valence electrons. The minimum absolute atomic E-state index is 0.122. The van der Waals surface area contributed by atoms with Gasteiger partial charge in [0.1, 0.15) is 35.9 Å². The van der Waals surface area contributed by atoms with Gasteiger partial charge in [-0.2, -0.15) is 0 Å². The van der Waals surface area contributed by atoms with Gasteiger partial charge in [-0.05, 0) is 30.9 Å². The molecule has 1 saturated heterocycles. The van der Waals surface area contributed by atoms with E-state index in [0.717, 1.165) is 0 Å². The molecule has 2 aromatic carbocycles. The smallest absolute Gasteiger partial charge is 0.229 e. The van der Waals surface area contributed by atoms with Gasteiger partial charge in [0.25, 0.3) is 0 Å². The first-order valence-corrected chi connectivity index (χ1v) is 8.49. The van der Waals surface area contributed by atoms with Gasteiger partial charge in [0.05, 0.1) is 17.6 Å². The lowest BCUT2D eigenvalue weighted by molar-refractivity contribution is -0.277. The monoisotopic (exact) mass is 378 g/mol. The first-order chi connectivity index (χ1) is 12.8. The van der Waals surface area contributed by atoms with Gasteiger partial charge in [-0.25, -0.2) is 0 Å². The first-order valence-electron chi connectivity index (χ1n) is 8.49. The third-order valence-corrected chi connectivity index (χ3v) is 4.74. The molecule has 27 heavy (non-hydrogen) atoms. The number of ether oxygens (including phenoxy) is 2. The van der Waals surface area contributed by atoms with Crippen molar-refractivity contribution in [3.63, 3.8) is 0 Å². The molecule has 1 aliphatic heterocycles. The van der Waals surface area contributed by atoms with E-state index in [0.29, 0.717) is 10.9 Å². The zero-order chi connectivity index (χ0) is 19.9. The average Bonchev–Trinajstić information content (AvgIpc) is 2.61. The van der Waals surface area contributed by atoms with Gasteiger partial charge < -0.3 is 35.0 Å². The number of benzene rings is 2. The Kier molecular flexibility index (Phi) is 5.36. The molecule has 3 rings (SSSR count). The van der Waals surface area contributed by atoms with Gasteiger partial charge >= 0.3 is 0 Å². The lowest BCUT2D eigenvalue weighted by Gasteiger charge is -2.39. The number of rotatable bonds is 4. The van der Waals surface area contributed by atoms with Gasteiger partial charge in [-0.15, -0.1) is 0 Å². The largest absolute Gasteiger partial charge is 0.506 e. The Hall–Kier alpha value is -2.23. The molecule has 5 atom stereocenters. The molecule has 1 aliphatic rings. The number of carbonyl (C=O) groups excluding carboxylic acids is 1. The van der Waals surface area contributed by atoms with E-state index in [1.54, 1.807) is 25.1 Å². The summed E-state index contributed by atoms with van der Waals surface area (Å²) in [6, 6.07) is 6.63. The lowest BCUT2D eigenvalue weighted by Crippen LogP contribution is -2.60. The molecule has 0 spiro atoms. The SMILES string of the molecule is CC(=O)c1c(C)cc2cccc(O[C@H]3O[C@@H](CO)[C@@H](O)[C@@H](O)[C@H]3O)c2c1O. The number of aliphatic hydroxyl groups excluding tert-OH is 4. The zero-order valence-corrected chi connectivity index (χ0v) is 14.9. The fraction of sp³-hybridized carbons (Fsp3) is 0.421. The molecule has 8 nitrogen and oxygen atoms in total. The van der Waals surface area contributed by atoms with Crippen LogP contribution in [0.25, 0.3) is 10.8 Å². The van der Waals surface area contributed by atoms with Crippen LogP contribution in [0.15, 0.2) is 24.3 Å². The third-order valence-electron chi connectivity index (χ3n) is 4.74. The Morgan fingerprint density at radius 1 is 1.19 bits per heavy atom. The van der Waals surface area contributed by atoms with Crippen LogP contribution >= 0.6 is 0 Å². The molecular weight excluding hydrogens is 356 g/mol. The van der Waals surface area contributed by atoms with Crippen molar-refractivity contribution in [2.45, 2.75) is 44.6 Å². The van der Waals surface area contributed by atoms with Gasteiger partial charge in [-0.1, -0.05) is 18.2 Å². The van der Waals surface area contributed by atoms with Crippen LogP contribution in [0.2, 0.25) is 0 Å². The lowest BCUT2D eigenvalue weighted by atomic mass is 9.97. The maximum absolute atomic E-state index is 11.9. The Balaban J connectivity index is 2.04. The highest BCUT2D eigenvalue weighted by Gasteiger charge is 2.44. The first kappa shape index (κ1) is 19.5. The second-order valence-corrected chi connectivity index (χ2v) is 6.64. The van der Waals surface area contributed by atoms with E-state index in [1.165, 1.54) is 13.0 Å². The van der Waals surface area contributed by atoms with Crippen LogP contribution in [0.5, 0.6) is 11.5 Å². The van der Waals surface area contributed by atoms with Crippen molar-refractivity contribution in [2.75, 3.05) is 6.61 Å². The standard InChI is InChI=1S/C19H22O8/c1-8-6-10-4-3-5-11(14(10)16(23)13(8)9(2)21)26-19-18(25)17(24)15(22)12(7-20)27-19/h3-6,12,15,17-20,22-25H,7H2,1-2H3/t12-,15+,17+,18+,19-/m0/s1. The molecule has 0 unspecified atom stereocenters. The van der Waals surface area contributed by atoms with Crippen LogP contribution in [-0.4, -0.2) is 68.6 Å². The van der Waals surface area contributed by atoms with Gasteiger partial charge in [-0.3, -0.25) is 4.79 Å². The highest BCUT2D eigenvalue weighted by atomic mass is 16.7. The maximum Gasteiger partial charge on any atom is 0.229 e. The average molecular weight is 378 g/mol. The number of phenols is 1. The number of carbonyl (C=O) groups is 1. The van der Waals surface area contributed by atoms with Crippen LogP contribution in [-0.2, 0) is 4.74 Å². The highest BCUT2D eigenvalue weighted by molar-refractivity contribution is 6.06. The fourth-order valence-corrected chi connectivity index (χ4v) is 3.37. The van der Waals surface area contributed by atoms with Gasteiger partial charge in [0, 0.05) is 0 Å². The molecule has 2 aromatic rings. The minimum Gasteiger partial charge on any atom is -0.506 e. The van der Waals surface area contributed by atoms with Crippen molar-refractivity contribution in [2.24, 2.45) is 0 Å². The Morgan fingerprint density at radius 2 is 1.89 bits per heavy atom. The van der Waals surface area contributed by atoms with E-state index < -0.39 is 37.3 Å². The van der Waals surface area contributed by atoms with Crippen molar-refractivity contribution in [3.8, 4) is 11.5 Å². The summed E-state index contributed by atoms with van der Waals surface area (Å²) in [6.45, 7) is 2.47. The van der Waals surface area contributed by atoms with E-state index in [2.05, 4.69) is 0 Å². The number of aryl methyl sites for hydroxylation is 1. The van der Waals surface area contributed by atoms with Gasteiger partial charge in [0.15, 0.2) is 5.78 Å². The topological polar surface area (TPSA) is 137 Å². The molecule has 0 bridgehead atoms. The molecular formula is C19H22O8. The number of aliphatic hydroxyl groups is 4. The van der Waals surface area contributed by atoms with Crippen molar-refractivity contribution in [1.29, 1.82) is 0 Å². The molecule has 0 radical (unpaired) electrons. The van der Waals surface area contributed by atoms with Gasteiger partial charge in [0.2, 0.25) is 6.29 Å². The maximum atomic E-state index is 11.9. The molecule has 0 aliphatic carbocycles. The van der Waals surface area contributed by atoms with Crippen LogP contribution in [0.1, 0.15) is 22.8 Å². The van der Waals surface area contributed by atoms with Crippen molar-refractivity contribution in [3.05, 3.63) is 35.4 Å². The Labute approximate surface area is 155 Å².